The Morgan fingerprint density at radius 3 is 2.13 bits per heavy atom. The maximum atomic E-state index is 6.44. The zero-order chi connectivity index (χ0) is 16.5. The van der Waals surface area contributed by atoms with Gasteiger partial charge in [0.05, 0.1) is 13.2 Å². The average Bonchev–Trinajstić information content (AvgIpc) is 2.50. The van der Waals surface area contributed by atoms with Crippen LogP contribution in [0.2, 0.25) is 5.02 Å². The van der Waals surface area contributed by atoms with Crippen LogP contribution >= 0.6 is 11.6 Å². The largest absolute Gasteiger partial charge is 0.490 e. The van der Waals surface area contributed by atoms with Crippen LogP contribution in [0.3, 0.4) is 0 Å². The molecule has 1 fully saturated rings. The van der Waals surface area contributed by atoms with Gasteiger partial charge in [0, 0.05) is 23.7 Å². The van der Waals surface area contributed by atoms with Crippen LogP contribution in [0.15, 0.2) is 12.1 Å². The zero-order valence-corrected chi connectivity index (χ0v) is 15.3. The monoisotopic (exact) mass is 339 g/mol. The molecule has 0 unspecified atom stereocenters. The van der Waals surface area contributed by atoms with Crippen molar-refractivity contribution >= 4 is 11.6 Å². The lowest BCUT2D eigenvalue weighted by atomic mass is 9.96. The fraction of sp³-hybridized carbons (Fsp3) is 0.684. The van der Waals surface area contributed by atoms with Gasteiger partial charge >= 0.3 is 0 Å². The molecule has 0 bridgehead atoms. The van der Waals surface area contributed by atoms with Crippen molar-refractivity contribution in [3.05, 3.63) is 22.7 Å². The molecule has 3 nitrogen and oxygen atoms in total. The van der Waals surface area contributed by atoms with Crippen LogP contribution in [0.5, 0.6) is 11.5 Å². The van der Waals surface area contributed by atoms with Gasteiger partial charge < -0.3 is 14.8 Å². The summed E-state index contributed by atoms with van der Waals surface area (Å²) in [5.41, 5.74) is 1.08. The Morgan fingerprint density at radius 1 is 0.957 bits per heavy atom. The van der Waals surface area contributed by atoms with Crippen molar-refractivity contribution in [3.8, 4) is 11.5 Å². The molecule has 1 aromatic rings. The zero-order valence-electron chi connectivity index (χ0n) is 14.5. The highest BCUT2D eigenvalue weighted by atomic mass is 35.5. The van der Waals surface area contributed by atoms with E-state index < -0.39 is 0 Å². The molecule has 0 radical (unpaired) electrons. The van der Waals surface area contributed by atoms with Gasteiger partial charge in [0.15, 0.2) is 11.5 Å². The van der Waals surface area contributed by atoms with E-state index >= 15 is 0 Å². The Labute approximate surface area is 145 Å². The molecule has 0 spiro atoms. The highest BCUT2D eigenvalue weighted by molar-refractivity contribution is 6.31. The first kappa shape index (κ1) is 18.4. The Bertz CT molecular complexity index is 471. The Hall–Kier alpha value is -0.930. The molecule has 4 heteroatoms. The minimum Gasteiger partial charge on any atom is -0.490 e. The average molecular weight is 340 g/mol. The van der Waals surface area contributed by atoms with Crippen LogP contribution in [-0.4, -0.2) is 19.3 Å². The molecule has 0 atom stereocenters. The molecule has 2 rings (SSSR count). The molecule has 1 N–H and O–H groups in total. The lowest BCUT2D eigenvalue weighted by molar-refractivity contribution is 0.287. The van der Waals surface area contributed by atoms with Gasteiger partial charge in [-0.05, 0) is 38.3 Å². The highest BCUT2D eigenvalue weighted by Gasteiger charge is 2.14. The first-order chi connectivity index (χ1) is 11.2. The predicted molar refractivity (Wildman–Crippen MR) is 96.7 cm³/mol. The fourth-order valence-corrected chi connectivity index (χ4v) is 3.38. The molecule has 130 valence electrons. The van der Waals surface area contributed by atoms with Crippen LogP contribution in [0, 0.1) is 0 Å². The second kappa shape index (κ2) is 10.0. The van der Waals surface area contributed by atoms with Gasteiger partial charge in [-0.2, -0.15) is 0 Å². The van der Waals surface area contributed by atoms with Crippen LogP contribution in [0.25, 0.3) is 0 Å². The van der Waals surface area contributed by atoms with E-state index in [1.165, 1.54) is 44.9 Å². The third-order valence-electron chi connectivity index (χ3n) is 4.40. The Morgan fingerprint density at radius 2 is 1.52 bits per heavy atom. The number of halogens is 1. The van der Waals surface area contributed by atoms with E-state index in [2.05, 4.69) is 5.32 Å². The summed E-state index contributed by atoms with van der Waals surface area (Å²) in [6.45, 7) is 5.97. The molecule has 0 aromatic heterocycles. The highest BCUT2D eigenvalue weighted by Crippen LogP contribution is 2.34. The summed E-state index contributed by atoms with van der Waals surface area (Å²) >= 11 is 6.44. The fourth-order valence-electron chi connectivity index (χ4n) is 3.16. The molecular weight excluding hydrogens is 310 g/mol. The number of benzene rings is 1. The normalized spacial score (nSPS) is 16.7. The van der Waals surface area contributed by atoms with E-state index in [9.17, 15) is 0 Å². The minimum absolute atomic E-state index is 0.605. The van der Waals surface area contributed by atoms with Gasteiger partial charge in [-0.15, -0.1) is 0 Å². The maximum absolute atomic E-state index is 6.44. The number of ether oxygens (including phenoxy) is 2. The second-order valence-electron chi connectivity index (χ2n) is 6.18. The first-order valence-electron chi connectivity index (χ1n) is 9.06. The summed E-state index contributed by atoms with van der Waals surface area (Å²) in [6.07, 6.45) is 9.35. The van der Waals surface area contributed by atoms with Crippen LogP contribution < -0.4 is 14.8 Å². The third-order valence-corrected chi connectivity index (χ3v) is 4.75. The van der Waals surface area contributed by atoms with E-state index in [1.54, 1.807) is 0 Å². The summed E-state index contributed by atoms with van der Waals surface area (Å²) in [4.78, 5) is 0. The van der Waals surface area contributed by atoms with E-state index in [0.717, 1.165) is 28.6 Å². The minimum atomic E-state index is 0.605. The standard InChI is InChI=1S/C19H30ClNO2/c1-3-22-18-12-15(17(20)13-19(18)23-4-2)14-21-16-10-8-6-5-7-9-11-16/h12-13,16,21H,3-11,14H2,1-2H3. The number of rotatable bonds is 7. The molecule has 23 heavy (non-hydrogen) atoms. The molecule has 1 aliphatic carbocycles. The van der Waals surface area contributed by atoms with Crippen molar-refractivity contribution in [2.75, 3.05) is 13.2 Å². The van der Waals surface area contributed by atoms with E-state index in [0.29, 0.717) is 19.3 Å². The molecule has 1 aromatic carbocycles. The van der Waals surface area contributed by atoms with Gasteiger partial charge in [-0.1, -0.05) is 43.7 Å². The molecule has 1 saturated carbocycles. The number of nitrogens with one attached hydrogen (secondary N) is 1. The maximum Gasteiger partial charge on any atom is 0.162 e. The molecule has 0 heterocycles. The summed E-state index contributed by atoms with van der Waals surface area (Å²) in [5.74, 6) is 1.52. The Balaban J connectivity index is 2.01. The van der Waals surface area contributed by atoms with Crippen molar-refractivity contribution in [3.63, 3.8) is 0 Å². The topological polar surface area (TPSA) is 30.5 Å². The van der Waals surface area contributed by atoms with Crippen LogP contribution in [0.4, 0.5) is 0 Å². The second-order valence-corrected chi connectivity index (χ2v) is 6.59. The van der Waals surface area contributed by atoms with Crippen molar-refractivity contribution in [1.82, 2.24) is 5.32 Å². The predicted octanol–water partition coefficient (Wildman–Crippen LogP) is 5.34. The lowest BCUT2D eigenvalue weighted by Gasteiger charge is -2.22. The van der Waals surface area contributed by atoms with Gasteiger partial charge in [-0.25, -0.2) is 0 Å². The lowest BCUT2D eigenvalue weighted by Crippen LogP contribution is -2.29. The van der Waals surface area contributed by atoms with Crippen molar-refractivity contribution in [2.24, 2.45) is 0 Å². The molecule has 1 aliphatic rings. The van der Waals surface area contributed by atoms with Gasteiger partial charge in [-0.3, -0.25) is 0 Å². The molecule has 0 aliphatic heterocycles. The van der Waals surface area contributed by atoms with Crippen molar-refractivity contribution < 1.29 is 9.47 Å². The van der Waals surface area contributed by atoms with E-state index in [-0.39, 0.29) is 0 Å². The summed E-state index contributed by atoms with van der Waals surface area (Å²) < 4.78 is 11.3. The van der Waals surface area contributed by atoms with Gasteiger partial charge in [0.2, 0.25) is 0 Å². The summed E-state index contributed by atoms with van der Waals surface area (Å²) in [5, 5.41) is 4.43. The summed E-state index contributed by atoms with van der Waals surface area (Å²) in [6, 6.07) is 4.51. The molecular formula is C19H30ClNO2. The number of hydrogen-bond donors (Lipinski definition) is 1. The van der Waals surface area contributed by atoms with Gasteiger partial charge in [0.25, 0.3) is 0 Å². The van der Waals surface area contributed by atoms with Crippen molar-refractivity contribution in [1.29, 1.82) is 0 Å². The van der Waals surface area contributed by atoms with E-state index in [4.69, 9.17) is 21.1 Å². The first-order valence-corrected chi connectivity index (χ1v) is 9.43. The quantitative estimate of drug-likeness (QED) is 0.727. The molecule has 0 amide bonds. The SMILES string of the molecule is CCOc1cc(Cl)c(CNC2CCCCCCC2)cc1OCC. The molecule has 0 saturated heterocycles. The van der Waals surface area contributed by atoms with Crippen LogP contribution in [0.1, 0.15) is 64.4 Å². The Kier molecular flexibility index (Phi) is 8.04. The third kappa shape index (κ3) is 5.89. The van der Waals surface area contributed by atoms with Crippen molar-refractivity contribution in [2.45, 2.75) is 71.4 Å². The van der Waals surface area contributed by atoms with Crippen LogP contribution in [-0.2, 0) is 6.54 Å². The van der Waals surface area contributed by atoms with E-state index in [1.807, 2.05) is 26.0 Å². The summed E-state index contributed by atoms with van der Waals surface area (Å²) in [7, 11) is 0. The van der Waals surface area contributed by atoms with Gasteiger partial charge in [0.1, 0.15) is 0 Å². The number of hydrogen-bond acceptors (Lipinski definition) is 3. The smallest absolute Gasteiger partial charge is 0.162 e.